The number of hydrogen-bond acceptors (Lipinski definition) is 13. The summed E-state index contributed by atoms with van der Waals surface area (Å²) < 4.78 is 48.7. The molecule has 0 aromatic rings. The Balaban J connectivity index is 1.90. The van der Waals surface area contributed by atoms with E-state index in [1.165, 1.54) is 11.0 Å². The molecule has 3 heterocycles. The normalized spacial score (nSPS) is 33.9. The summed E-state index contributed by atoms with van der Waals surface area (Å²) in [7, 11) is 9.65. The smallest absolute Gasteiger partial charge is 0.331 e. The predicted molar refractivity (Wildman–Crippen MR) is 227 cm³/mol. The van der Waals surface area contributed by atoms with E-state index in [1.54, 1.807) is 67.9 Å². The van der Waals surface area contributed by atoms with E-state index in [2.05, 4.69) is 6.08 Å². The molecule has 2 N–H and O–H groups in total. The molecule has 3 aliphatic rings. The van der Waals surface area contributed by atoms with Crippen molar-refractivity contribution in [3.8, 4) is 0 Å². The van der Waals surface area contributed by atoms with Crippen LogP contribution >= 0.6 is 0 Å². The Kier molecular flexibility index (Phi) is 21.3. The number of aliphatic hydroxyl groups is 2. The summed E-state index contributed by atoms with van der Waals surface area (Å²) in [5, 5.41) is 23.0. The molecule has 0 saturated carbocycles. The highest BCUT2D eigenvalue weighted by molar-refractivity contribution is 5.82. The lowest BCUT2D eigenvalue weighted by molar-refractivity contribution is -0.159. The molecule has 1 spiro atoms. The van der Waals surface area contributed by atoms with Gasteiger partial charge in [-0.1, -0.05) is 70.6 Å². The molecule has 2 bridgehead atoms. The lowest BCUT2D eigenvalue weighted by Gasteiger charge is -2.39. The van der Waals surface area contributed by atoms with Crippen molar-refractivity contribution in [1.82, 2.24) is 4.90 Å². The van der Waals surface area contributed by atoms with Crippen LogP contribution in [-0.4, -0.2) is 149 Å². The van der Waals surface area contributed by atoms with E-state index in [9.17, 15) is 24.6 Å². The van der Waals surface area contributed by atoms with Gasteiger partial charge in [0.25, 0.3) is 0 Å². The van der Waals surface area contributed by atoms with Crippen molar-refractivity contribution >= 4 is 18.2 Å². The summed E-state index contributed by atoms with van der Waals surface area (Å²) in [5.74, 6) is -2.55. The average Bonchev–Trinajstić information content (AvgIpc) is 4.05. The van der Waals surface area contributed by atoms with Crippen LogP contribution in [0, 0.1) is 29.6 Å². The van der Waals surface area contributed by atoms with Crippen molar-refractivity contribution in [1.29, 1.82) is 0 Å². The average molecular weight is 850 g/mol. The van der Waals surface area contributed by atoms with Crippen LogP contribution in [0.15, 0.2) is 48.2 Å². The molecule has 1 fully saturated rings. The van der Waals surface area contributed by atoms with E-state index >= 15 is 0 Å². The molecule has 3 aliphatic heterocycles. The summed E-state index contributed by atoms with van der Waals surface area (Å²) in [6, 6.07) is 0. The van der Waals surface area contributed by atoms with E-state index in [0.717, 1.165) is 0 Å². The Labute approximate surface area is 358 Å². The highest BCUT2D eigenvalue weighted by Crippen LogP contribution is 2.43. The van der Waals surface area contributed by atoms with Gasteiger partial charge >= 0.3 is 5.97 Å². The topological polar surface area (TPSA) is 172 Å². The monoisotopic (exact) mass is 850 g/mol. The van der Waals surface area contributed by atoms with Crippen molar-refractivity contribution in [3.05, 3.63) is 48.2 Å². The van der Waals surface area contributed by atoms with Crippen LogP contribution in [0.4, 0.5) is 0 Å². The number of hydrogen-bond donors (Lipinski definition) is 2. The SMILES string of the molecule is COC1CC2C=CCC(CC(OC)C3(CO3)C(OC)CC(OC)C(C)C(C(C)C(O)C(C)CCC(=O)C(C)C(OC)C(C)C=CN(C)C=O)OC(=O)C=CC(C)=CC1O)O2. The zero-order valence-electron chi connectivity index (χ0n) is 38.1. The summed E-state index contributed by atoms with van der Waals surface area (Å²) >= 11 is 0. The number of Topliss-reactive ketones (excluding diaryl/α,β-unsaturated/α-hetero) is 1. The first kappa shape index (κ1) is 51.6. The van der Waals surface area contributed by atoms with E-state index in [0.29, 0.717) is 50.7 Å². The number of ether oxygens (including phenoxy) is 8. The Morgan fingerprint density at radius 2 is 1.65 bits per heavy atom. The van der Waals surface area contributed by atoms with Crippen LogP contribution in [0.3, 0.4) is 0 Å². The predicted octanol–water partition coefficient (Wildman–Crippen LogP) is 5.00. The zero-order valence-corrected chi connectivity index (χ0v) is 38.1. The van der Waals surface area contributed by atoms with E-state index in [4.69, 9.17) is 37.9 Å². The van der Waals surface area contributed by atoms with Crippen molar-refractivity contribution in [2.24, 2.45) is 29.6 Å². The second-order valence-electron chi connectivity index (χ2n) is 17.2. The molecule has 16 unspecified atom stereocenters. The summed E-state index contributed by atoms with van der Waals surface area (Å²) in [5.41, 5.74) is -0.141. The summed E-state index contributed by atoms with van der Waals surface area (Å²) in [6.07, 6.45) is 9.91. The van der Waals surface area contributed by atoms with Crippen LogP contribution in [-0.2, 0) is 52.3 Å². The third-order valence-electron chi connectivity index (χ3n) is 13.0. The summed E-state index contributed by atoms with van der Waals surface area (Å²) in [6.45, 7) is 11.6. The summed E-state index contributed by atoms with van der Waals surface area (Å²) in [4.78, 5) is 39.5. The molecule has 0 aliphatic carbocycles. The molecule has 0 aromatic heterocycles. The van der Waals surface area contributed by atoms with Crippen molar-refractivity contribution in [2.45, 2.75) is 147 Å². The standard InChI is InChI=1S/C46H75NO13/c1-28-16-19-42(51)60-45(33(6)43(52)29(2)17-18-36(49)31(4)44(57-12)30(3)20-21-47(7)27-48)32(5)38(53-8)25-41(56-11)46(26-58-46)40(55-10)24-35-15-13-14-34(59-35)23-39(54-9)37(50)22-28/h13-14,16,19-22,27,29-35,37-41,43-45,50,52H,15,17-18,23-26H2,1-12H3. The number of rotatable bonds is 17. The fraction of sp³-hybridized carbons (Fsp3) is 0.761. The van der Waals surface area contributed by atoms with Gasteiger partial charge in [-0.2, -0.15) is 0 Å². The molecular formula is C46H75NO13. The lowest BCUT2D eigenvalue weighted by Crippen LogP contribution is -2.50. The maximum atomic E-state index is 13.6. The maximum absolute atomic E-state index is 13.6. The number of carbonyl (C=O) groups is 3. The Morgan fingerprint density at radius 3 is 2.23 bits per heavy atom. The Hall–Kier alpha value is -2.79. The van der Waals surface area contributed by atoms with Crippen LogP contribution in [0.1, 0.15) is 80.1 Å². The largest absolute Gasteiger partial charge is 0.458 e. The molecule has 0 radical (unpaired) electrons. The van der Waals surface area contributed by atoms with Gasteiger partial charge < -0.3 is 53.0 Å². The molecule has 3 rings (SSSR count). The highest BCUT2D eigenvalue weighted by atomic mass is 16.6. The molecule has 16 atom stereocenters. The number of epoxide rings is 1. The zero-order chi connectivity index (χ0) is 44.7. The second kappa shape index (κ2) is 24.7. The molecule has 1 saturated heterocycles. The first-order valence-electron chi connectivity index (χ1n) is 21.4. The van der Waals surface area contributed by atoms with E-state index in [1.807, 2.05) is 46.8 Å². The van der Waals surface area contributed by atoms with Crippen molar-refractivity contribution in [2.75, 3.05) is 49.2 Å². The van der Waals surface area contributed by atoms with Gasteiger partial charge in [-0.15, -0.1) is 0 Å². The fourth-order valence-electron chi connectivity index (χ4n) is 8.91. The molecule has 60 heavy (non-hydrogen) atoms. The number of ketones is 1. The molecular weight excluding hydrogens is 774 g/mol. The second-order valence-corrected chi connectivity index (χ2v) is 17.2. The number of allylic oxidation sites excluding steroid dienone is 2. The number of fused-ring (bicyclic) bond motifs is 2. The number of carbonyl (C=O) groups excluding carboxylic acids is 3. The molecule has 14 heteroatoms. The molecule has 342 valence electrons. The minimum absolute atomic E-state index is 0.00245. The van der Waals surface area contributed by atoms with Gasteiger partial charge in [0.2, 0.25) is 6.41 Å². The molecule has 0 aromatic carbocycles. The first-order chi connectivity index (χ1) is 28.5. The Bertz CT molecular complexity index is 1460. The number of nitrogens with zero attached hydrogens (tertiary/aromatic N) is 1. The van der Waals surface area contributed by atoms with Crippen LogP contribution in [0.25, 0.3) is 0 Å². The number of methoxy groups -OCH3 is 5. The quantitative estimate of drug-likeness (QED) is 0.0869. The highest BCUT2D eigenvalue weighted by Gasteiger charge is 2.59. The Morgan fingerprint density at radius 1 is 1.00 bits per heavy atom. The van der Waals surface area contributed by atoms with Gasteiger partial charge in [-0.3, -0.25) is 9.59 Å². The van der Waals surface area contributed by atoms with Crippen LogP contribution in [0.5, 0.6) is 0 Å². The van der Waals surface area contributed by atoms with Crippen molar-refractivity contribution < 1.29 is 62.5 Å². The van der Waals surface area contributed by atoms with Gasteiger partial charge in [-0.05, 0) is 25.7 Å². The maximum Gasteiger partial charge on any atom is 0.331 e. The minimum atomic E-state index is -0.978. The lowest BCUT2D eigenvalue weighted by atomic mass is 9.78. The molecule has 1 amide bonds. The van der Waals surface area contributed by atoms with Crippen LogP contribution < -0.4 is 0 Å². The third-order valence-corrected chi connectivity index (χ3v) is 13.0. The van der Waals surface area contributed by atoms with Gasteiger partial charge in [-0.25, -0.2) is 4.79 Å². The van der Waals surface area contributed by atoms with Gasteiger partial charge in [0.1, 0.15) is 17.5 Å². The fourth-order valence-corrected chi connectivity index (χ4v) is 8.91. The van der Waals surface area contributed by atoms with E-state index < -0.39 is 72.1 Å². The van der Waals surface area contributed by atoms with Crippen molar-refractivity contribution in [3.63, 3.8) is 0 Å². The van der Waals surface area contributed by atoms with Gasteiger partial charge in [0.15, 0.2) is 0 Å². The minimum Gasteiger partial charge on any atom is -0.458 e. The number of cyclic esters (lactones) is 1. The number of aliphatic hydroxyl groups excluding tert-OH is 2. The van der Waals surface area contributed by atoms with Gasteiger partial charge in [0, 0.05) is 104 Å². The number of esters is 1. The van der Waals surface area contributed by atoms with Gasteiger partial charge in [0.05, 0.1) is 61.5 Å². The molecule has 14 nitrogen and oxygen atoms in total. The first-order valence-corrected chi connectivity index (χ1v) is 21.4. The third kappa shape index (κ3) is 14.1. The van der Waals surface area contributed by atoms with E-state index in [-0.39, 0.29) is 42.4 Å². The van der Waals surface area contributed by atoms with Crippen LogP contribution in [0.2, 0.25) is 0 Å². The number of amides is 1.